The van der Waals surface area contributed by atoms with Gasteiger partial charge in [0.15, 0.2) is 5.96 Å². The van der Waals surface area contributed by atoms with Crippen molar-refractivity contribution < 1.29 is 9.53 Å². The van der Waals surface area contributed by atoms with Crippen LogP contribution in [0.4, 0.5) is 0 Å². The van der Waals surface area contributed by atoms with Crippen LogP contribution < -0.4 is 20.7 Å². The van der Waals surface area contributed by atoms with Crippen LogP contribution in [0.3, 0.4) is 0 Å². The monoisotopic (exact) mass is 372 g/mol. The molecule has 2 aromatic rings. The minimum absolute atomic E-state index is 0.111. The molecule has 0 unspecified atom stereocenters. The molecule has 27 heavy (non-hydrogen) atoms. The molecule has 0 aliphatic carbocycles. The van der Waals surface area contributed by atoms with Gasteiger partial charge < -0.3 is 20.7 Å². The molecule has 8 nitrogen and oxygen atoms in total. The van der Waals surface area contributed by atoms with Gasteiger partial charge in [-0.2, -0.15) is 5.10 Å². The molecule has 1 heterocycles. The zero-order chi connectivity index (χ0) is 19.3. The normalized spacial score (nSPS) is 11.1. The van der Waals surface area contributed by atoms with Gasteiger partial charge in [0.1, 0.15) is 5.75 Å². The van der Waals surface area contributed by atoms with E-state index >= 15 is 0 Å². The molecule has 1 aromatic heterocycles. The summed E-state index contributed by atoms with van der Waals surface area (Å²) in [6, 6.07) is 8.94. The minimum atomic E-state index is -0.111. The third-order valence-electron chi connectivity index (χ3n) is 3.77. The molecule has 0 bridgehead atoms. The van der Waals surface area contributed by atoms with Gasteiger partial charge in [-0.25, -0.2) is 0 Å². The van der Waals surface area contributed by atoms with Gasteiger partial charge in [0.25, 0.3) is 5.91 Å². The number of guanidine groups is 1. The topological polar surface area (TPSA) is 92.6 Å². The largest absolute Gasteiger partial charge is 0.497 e. The number of benzene rings is 1. The van der Waals surface area contributed by atoms with Crippen LogP contribution in [0.15, 0.2) is 47.7 Å². The molecule has 0 saturated carbocycles. The molecule has 0 radical (unpaired) electrons. The van der Waals surface area contributed by atoms with Crippen LogP contribution in [0, 0.1) is 0 Å². The van der Waals surface area contributed by atoms with Crippen molar-refractivity contribution in [3.05, 3.63) is 48.3 Å². The SMILES string of the molecule is CCNC(=NCCCn1cccn1)NCCNC(=O)c1ccc(OC)cc1. The van der Waals surface area contributed by atoms with Crippen molar-refractivity contribution in [2.45, 2.75) is 19.9 Å². The van der Waals surface area contributed by atoms with E-state index in [1.165, 1.54) is 0 Å². The Hall–Kier alpha value is -3.03. The Kier molecular flexibility index (Phi) is 8.68. The predicted octanol–water partition coefficient (Wildman–Crippen LogP) is 1.27. The summed E-state index contributed by atoms with van der Waals surface area (Å²) in [5.41, 5.74) is 0.606. The van der Waals surface area contributed by atoms with Gasteiger partial charge in [-0.05, 0) is 43.7 Å². The van der Waals surface area contributed by atoms with E-state index in [9.17, 15) is 4.79 Å². The Bertz CT molecular complexity index is 697. The number of aryl methyl sites for hydroxylation is 1. The van der Waals surface area contributed by atoms with Crippen molar-refractivity contribution >= 4 is 11.9 Å². The third kappa shape index (κ3) is 7.39. The van der Waals surface area contributed by atoms with Gasteiger partial charge in [-0.3, -0.25) is 14.5 Å². The second-order valence-electron chi connectivity index (χ2n) is 5.79. The second kappa shape index (κ2) is 11.6. The van der Waals surface area contributed by atoms with Crippen molar-refractivity contribution in [2.24, 2.45) is 4.99 Å². The highest BCUT2D eigenvalue weighted by Crippen LogP contribution is 2.10. The lowest BCUT2D eigenvalue weighted by atomic mass is 10.2. The Morgan fingerprint density at radius 2 is 1.96 bits per heavy atom. The Labute approximate surface area is 160 Å². The molecule has 1 amide bonds. The zero-order valence-corrected chi connectivity index (χ0v) is 15.9. The van der Waals surface area contributed by atoms with Crippen LogP contribution in [0.2, 0.25) is 0 Å². The first-order valence-corrected chi connectivity index (χ1v) is 9.14. The van der Waals surface area contributed by atoms with Crippen molar-refractivity contribution in [1.82, 2.24) is 25.7 Å². The highest BCUT2D eigenvalue weighted by atomic mass is 16.5. The molecule has 0 atom stereocenters. The Balaban J connectivity index is 1.68. The van der Waals surface area contributed by atoms with E-state index in [0.29, 0.717) is 25.2 Å². The third-order valence-corrected chi connectivity index (χ3v) is 3.77. The zero-order valence-electron chi connectivity index (χ0n) is 15.9. The second-order valence-corrected chi connectivity index (χ2v) is 5.79. The maximum atomic E-state index is 12.1. The highest BCUT2D eigenvalue weighted by molar-refractivity contribution is 5.94. The lowest BCUT2D eigenvalue weighted by Gasteiger charge is -2.12. The number of amides is 1. The lowest BCUT2D eigenvalue weighted by Crippen LogP contribution is -2.41. The molecule has 2 rings (SSSR count). The number of ether oxygens (including phenoxy) is 1. The van der Waals surface area contributed by atoms with Crippen molar-refractivity contribution in [2.75, 3.05) is 33.3 Å². The number of hydrogen-bond acceptors (Lipinski definition) is 4. The van der Waals surface area contributed by atoms with Gasteiger partial charge >= 0.3 is 0 Å². The van der Waals surface area contributed by atoms with Crippen LogP contribution in [-0.2, 0) is 6.54 Å². The summed E-state index contributed by atoms with van der Waals surface area (Å²) in [7, 11) is 1.60. The van der Waals surface area contributed by atoms with Crippen LogP contribution >= 0.6 is 0 Å². The molecule has 146 valence electrons. The molecule has 0 fully saturated rings. The summed E-state index contributed by atoms with van der Waals surface area (Å²) in [5.74, 6) is 1.37. The number of hydrogen-bond donors (Lipinski definition) is 3. The number of nitrogens with one attached hydrogen (secondary N) is 3. The van der Waals surface area contributed by atoms with E-state index in [1.807, 2.05) is 23.9 Å². The highest BCUT2D eigenvalue weighted by Gasteiger charge is 2.05. The number of nitrogens with zero attached hydrogens (tertiary/aromatic N) is 3. The predicted molar refractivity (Wildman–Crippen MR) is 106 cm³/mol. The fourth-order valence-electron chi connectivity index (χ4n) is 2.40. The number of methoxy groups -OCH3 is 1. The van der Waals surface area contributed by atoms with E-state index in [0.717, 1.165) is 31.2 Å². The van der Waals surface area contributed by atoms with Gasteiger partial charge in [0, 0.05) is 50.7 Å². The van der Waals surface area contributed by atoms with E-state index in [4.69, 9.17) is 4.74 Å². The van der Waals surface area contributed by atoms with Crippen molar-refractivity contribution in [3.63, 3.8) is 0 Å². The number of carbonyl (C=O) groups excluding carboxylic acids is 1. The minimum Gasteiger partial charge on any atom is -0.497 e. The maximum Gasteiger partial charge on any atom is 0.251 e. The Morgan fingerprint density at radius 3 is 2.63 bits per heavy atom. The summed E-state index contributed by atoms with van der Waals surface area (Å²) in [6.45, 7) is 5.44. The summed E-state index contributed by atoms with van der Waals surface area (Å²) in [5, 5.41) is 13.5. The Morgan fingerprint density at radius 1 is 1.19 bits per heavy atom. The number of rotatable bonds is 10. The number of aliphatic imine (C=N–C) groups is 1. The van der Waals surface area contributed by atoms with E-state index in [-0.39, 0.29) is 5.91 Å². The number of aromatic nitrogens is 2. The van der Waals surface area contributed by atoms with Gasteiger partial charge in [0.2, 0.25) is 0 Å². The molecule has 0 spiro atoms. The van der Waals surface area contributed by atoms with Crippen LogP contribution in [-0.4, -0.2) is 54.9 Å². The molecule has 0 aliphatic heterocycles. The average molecular weight is 372 g/mol. The summed E-state index contributed by atoms with van der Waals surface area (Å²) >= 11 is 0. The standard InChI is InChI=1S/C19H28N6O2/c1-3-20-19(22-10-4-14-25-15-5-11-24-25)23-13-12-21-18(26)16-6-8-17(27-2)9-7-16/h5-9,11,15H,3-4,10,12-14H2,1-2H3,(H,21,26)(H2,20,22,23). The smallest absolute Gasteiger partial charge is 0.251 e. The summed E-state index contributed by atoms with van der Waals surface area (Å²) in [6.07, 6.45) is 4.63. The van der Waals surface area contributed by atoms with Crippen LogP contribution in [0.1, 0.15) is 23.7 Å². The lowest BCUT2D eigenvalue weighted by molar-refractivity contribution is 0.0954. The van der Waals surface area contributed by atoms with Crippen LogP contribution in [0.5, 0.6) is 5.75 Å². The molecular weight excluding hydrogens is 344 g/mol. The van der Waals surface area contributed by atoms with Crippen molar-refractivity contribution in [3.8, 4) is 5.75 Å². The molecule has 0 saturated heterocycles. The molecule has 3 N–H and O–H groups in total. The van der Waals surface area contributed by atoms with E-state index in [1.54, 1.807) is 37.6 Å². The molecule has 1 aromatic carbocycles. The van der Waals surface area contributed by atoms with Gasteiger partial charge in [0.05, 0.1) is 7.11 Å². The van der Waals surface area contributed by atoms with E-state index in [2.05, 4.69) is 26.0 Å². The van der Waals surface area contributed by atoms with Crippen molar-refractivity contribution in [1.29, 1.82) is 0 Å². The van der Waals surface area contributed by atoms with E-state index < -0.39 is 0 Å². The maximum absolute atomic E-state index is 12.1. The molecule has 0 aliphatic rings. The average Bonchev–Trinajstić information content (AvgIpc) is 3.21. The first kappa shape index (κ1) is 20.3. The first-order chi connectivity index (χ1) is 13.2. The fourth-order valence-corrected chi connectivity index (χ4v) is 2.40. The quantitative estimate of drug-likeness (QED) is 0.332. The number of carbonyl (C=O) groups is 1. The van der Waals surface area contributed by atoms with Gasteiger partial charge in [-0.1, -0.05) is 0 Å². The summed E-state index contributed by atoms with van der Waals surface area (Å²) < 4.78 is 6.98. The van der Waals surface area contributed by atoms with Crippen LogP contribution in [0.25, 0.3) is 0 Å². The first-order valence-electron chi connectivity index (χ1n) is 9.14. The molecular formula is C19H28N6O2. The molecule has 8 heteroatoms. The fraction of sp³-hybridized carbons (Fsp3) is 0.421. The van der Waals surface area contributed by atoms with Gasteiger partial charge in [-0.15, -0.1) is 0 Å². The summed E-state index contributed by atoms with van der Waals surface area (Å²) in [4.78, 5) is 16.6.